The first kappa shape index (κ1) is 13.6. The maximum absolute atomic E-state index is 13.7. The van der Waals surface area contributed by atoms with Crippen LogP contribution in [0.3, 0.4) is 0 Å². The van der Waals surface area contributed by atoms with Gasteiger partial charge < -0.3 is 15.4 Å². The number of halogens is 1. The molecule has 2 N–H and O–H groups in total. The van der Waals surface area contributed by atoms with E-state index in [0.717, 1.165) is 24.5 Å². The first-order valence-corrected chi connectivity index (χ1v) is 6.87. The Morgan fingerprint density at radius 2 is 1.95 bits per heavy atom. The van der Waals surface area contributed by atoms with Gasteiger partial charge in [0.1, 0.15) is 17.5 Å². The summed E-state index contributed by atoms with van der Waals surface area (Å²) >= 11 is 0. The molecule has 0 spiro atoms. The summed E-state index contributed by atoms with van der Waals surface area (Å²) in [5, 5.41) is 6.13. The summed E-state index contributed by atoms with van der Waals surface area (Å²) in [7, 11) is 3.26. The van der Waals surface area contributed by atoms with E-state index in [1.54, 1.807) is 18.2 Å². The minimum atomic E-state index is -0.409. The molecule has 1 aliphatic rings. The second-order valence-electron chi connectivity index (χ2n) is 5.00. The Labute approximate surface area is 122 Å². The van der Waals surface area contributed by atoms with E-state index in [4.69, 9.17) is 4.74 Å². The van der Waals surface area contributed by atoms with Crippen molar-refractivity contribution in [3.8, 4) is 5.75 Å². The van der Waals surface area contributed by atoms with Crippen LogP contribution in [-0.4, -0.2) is 24.1 Å². The number of ether oxygens (including phenoxy) is 1. The second-order valence-corrected chi connectivity index (χ2v) is 5.00. The van der Waals surface area contributed by atoms with Gasteiger partial charge in [-0.05, 0) is 25.0 Å². The summed E-state index contributed by atoms with van der Waals surface area (Å²) in [6, 6.07) is 6.52. The van der Waals surface area contributed by atoms with Crippen molar-refractivity contribution in [2.75, 3.05) is 24.8 Å². The van der Waals surface area contributed by atoms with Gasteiger partial charge in [0.25, 0.3) is 0 Å². The van der Waals surface area contributed by atoms with Gasteiger partial charge in [0.2, 0.25) is 0 Å². The third-order valence-corrected chi connectivity index (χ3v) is 3.37. The van der Waals surface area contributed by atoms with Crippen LogP contribution >= 0.6 is 0 Å². The fraction of sp³-hybridized carbons (Fsp3) is 0.333. The molecular weight excluding hydrogens is 271 g/mol. The maximum atomic E-state index is 13.7. The Hall–Kier alpha value is -2.37. The molecule has 0 radical (unpaired) electrons. The van der Waals surface area contributed by atoms with Crippen LogP contribution in [0.25, 0.3) is 0 Å². The van der Waals surface area contributed by atoms with Crippen molar-refractivity contribution < 1.29 is 9.13 Å². The molecule has 0 bridgehead atoms. The molecule has 0 unspecified atom stereocenters. The Balaban J connectivity index is 1.86. The highest BCUT2D eigenvalue weighted by Crippen LogP contribution is 2.39. The summed E-state index contributed by atoms with van der Waals surface area (Å²) in [5.41, 5.74) is 0.621. The van der Waals surface area contributed by atoms with Crippen LogP contribution < -0.4 is 15.4 Å². The van der Waals surface area contributed by atoms with Crippen LogP contribution in [0.5, 0.6) is 5.75 Å². The van der Waals surface area contributed by atoms with Crippen molar-refractivity contribution in [3.05, 3.63) is 35.9 Å². The van der Waals surface area contributed by atoms with E-state index in [9.17, 15) is 4.39 Å². The van der Waals surface area contributed by atoms with Crippen LogP contribution in [0.4, 0.5) is 21.7 Å². The summed E-state index contributed by atoms with van der Waals surface area (Å²) in [6.45, 7) is 0. The summed E-state index contributed by atoms with van der Waals surface area (Å²) < 4.78 is 18.6. The molecule has 6 heteroatoms. The first-order chi connectivity index (χ1) is 10.2. The average molecular weight is 288 g/mol. The average Bonchev–Trinajstić information content (AvgIpc) is 3.32. The van der Waals surface area contributed by atoms with Crippen molar-refractivity contribution in [3.63, 3.8) is 0 Å². The quantitative estimate of drug-likeness (QED) is 0.884. The molecule has 1 fully saturated rings. The van der Waals surface area contributed by atoms with E-state index >= 15 is 0 Å². The molecule has 1 heterocycles. The van der Waals surface area contributed by atoms with Crippen molar-refractivity contribution >= 4 is 17.3 Å². The highest BCUT2D eigenvalue weighted by atomic mass is 19.1. The molecular formula is C15H17FN4O. The van der Waals surface area contributed by atoms with Crippen molar-refractivity contribution in [1.82, 2.24) is 9.97 Å². The number of aromatic nitrogens is 2. The zero-order valence-corrected chi connectivity index (χ0v) is 12.0. The predicted molar refractivity (Wildman–Crippen MR) is 79.8 cm³/mol. The number of nitrogens with zero attached hydrogens (tertiary/aromatic N) is 2. The van der Waals surface area contributed by atoms with Gasteiger partial charge in [0, 0.05) is 30.8 Å². The molecule has 3 rings (SSSR count). The smallest absolute Gasteiger partial charge is 0.167 e. The summed E-state index contributed by atoms with van der Waals surface area (Å²) in [4.78, 5) is 8.94. The van der Waals surface area contributed by atoms with Gasteiger partial charge in [-0.2, -0.15) is 0 Å². The largest absolute Gasteiger partial charge is 0.494 e. The van der Waals surface area contributed by atoms with Gasteiger partial charge in [0.15, 0.2) is 11.6 Å². The van der Waals surface area contributed by atoms with Gasteiger partial charge in [-0.3, -0.25) is 0 Å². The fourth-order valence-electron chi connectivity index (χ4n) is 2.07. The standard InChI is InChI=1S/C15H17FN4O/c1-17-13-8-14(20-15(19-13)9-3-4-9)18-10-5-6-12(21-2)11(16)7-10/h5-9H,3-4H2,1-2H3,(H2,17,18,19,20). The highest BCUT2D eigenvalue weighted by Gasteiger charge is 2.27. The fourth-order valence-corrected chi connectivity index (χ4v) is 2.07. The zero-order valence-electron chi connectivity index (χ0n) is 12.0. The molecule has 110 valence electrons. The molecule has 2 aromatic rings. The Kier molecular flexibility index (Phi) is 3.60. The summed E-state index contributed by atoms with van der Waals surface area (Å²) in [6.07, 6.45) is 2.26. The topological polar surface area (TPSA) is 59.1 Å². The van der Waals surface area contributed by atoms with Crippen LogP contribution in [-0.2, 0) is 0 Å². The number of methoxy groups -OCH3 is 1. The third kappa shape index (κ3) is 3.04. The molecule has 0 atom stereocenters. The zero-order chi connectivity index (χ0) is 14.8. The number of rotatable bonds is 5. The minimum Gasteiger partial charge on any atom is -0.494 e. The minimum absolute atomic E-state index is 0.220. The van der Waals surface area contributed by atoms with Crippen LogP contribution in [0.2, 0.25) is 0 Å². The molecule has 1 aromatic heterocycles. The molecule has 1 aliphatic carbocycles. The molecule has 5 nitrogen and oxygen atoms in total. The van der Waals surface area contributed by atoms with E-state index in [1.807, 2.05) is 7.05 Å². The number of nitrogens with one attached hydrogen (secondary N) is 2. The first-order valence-electron chi connectivity index (χ1n) is 6.87. The Bertz CT molecular complexity index is 658. The van der Waals surface area contributed by atoms with E-state index in [1.165, 1.54) is 13.2 Å². The van der Waals surface area contributed by atoms with Crippen molar-refractivity contribution in [2.45, 2.75) is 18.8 Å². The second kappa shape index (κ2) is 5.55. The van der Waals surface area contributed by atoms with Gasteiger partial charge in [0.05, 0.1) is 7.11 Å². The normalized spacial score (nSPS) is 13.9. The Morgan fingerprint density at radius 1 is 1.19 bits per heavy atom. The molecule has 1 saturated carbocycles. The lowest BCUT2D eigenvalue weighted by Crippen LogP contribution is -2.03. The number of hydrogen-bond acceptors (Lipinski definition) is 5. The van der Waals surface area contributed by atoms with Crippen LogP contribution in [0.1, 0.15) is 24.6 Å². The van der Waals surface area contributed by atoms with Gasteiger partial charge >= 0.3 is 0 Å². The summed E-state index contributed by atoms with van der Waals surface area (Å²) in [5.74, 6) is 2.50. The molecule has 1 aromatic carbocycles. The van der Waals surface area contributed by atoms with Gasteiger partial charge in [-0.15, -0.1) is 0 Å². The van der Waals surface area contributed by atoms with Crippen LogP contribution in [0, 0.1) is 5.82 Å². The number of hydrogen-bond donors (Lipinski definition) is 2. The lowest BCUT2D eigenvalue weighted by Gasteiger charge is -2.10. The van der Waals surface area contributed by atoms with Gasteiger partial charge in [-0.25, -0.2) is 14.4 Å². The van der Waals surface area contributed by atoms with Gasteiger partial charge in [-0.1, -0.05) is 0 Å². The maximum Gasteiger partial charge on any atom is 0.167 e. The van der Waals surface area contributed by atoms with E-state index in [0.29, 0.717) is 17.4 Å². The lowest BCUT2D eigenvalue weighted by atomic mass is 10.3. The SMILES string of the molecule is CNc1cc(Nc2ccc(OC)c(F)c2)nc(C2CC2)n1. The monoisotopic (exact) mass is 288 g/mol. The molecule has 21 heavy (non-hydrogen) atoms. The number of anilines is 3. The molecule has 0 saturated heterocycles. The Morgan fingerprint density at radius 3 is 2.57 bits per heavy atom. The predicted octanol–water partition coefficient (Wildman–Crippen LogP) is 3.29. The third-order valence-electron chi connectivity index (χ3n) is 3.37. The van der Waals surface area contributed by atoms with E-state index in [-0.39, 0.29) is 5.75 Å². The molecule has 0 aliphatic heterocycles. The van der Waals surface area contributed by atoms with E-state index < -0.39 is 5.82 Å². The van der Waals surface area contributed by atoms with Crippen molar-refractivity contribution in [2.24, 2.45) is 0 Å². The lowest BCUT2D eigenvalue weighted by molar-refractivity contribution is 0.386. The number of benzene rings is 1. The van der Waals surface area contributed by atoms with E-state index in [2.05, 4.69) is 20.6 Å². The molecule has 0 amide bonds. The van der Waals surface area contributed by atoms with Crippen LogP contribution in [0.15, 0.2) is 24.3 Å². The highest BCUT2D eigenvalue weighted by molar-refractivity contribution is 5.60. The van der Waals surface area contributed by atoms with Crippen molar-refractivity contribution in [1.29, 1.82) is 0 Å².